The molecule has 0 bridgehead atoms. The monoisotopic (exact) mass is 436 g/mol. The predicted octanol–water partition coefficient (Wildman–Crippen LogP) is 4.76. The Labute approximate surface area is 189 Å². The largest absolute Gasteiger partial charge is 0.493 e. The second-order valence-electron chi connectivity index (χ2n) is 8.12. The van der Waals surface area contributed by atoms with Gasteiger partial charge < -0.3 is 24.5 Å². The molecule has 1 heterocycles. The number of fused-ring (bicyclic) bond motifs is 1. The van der Waals surface area contributed by atoms with Crippen LogP contribution in [0.1, 0.15) is 42.9 Å². The average Bonchev–Trinajstić information content (AvgIpc) is 3.21. The third-order valence-corrected chi connectivity index (χ3v) is 6.02. The van der Waals surface area contributed by atoms with Crippen LogP contribution in [0.15, 0.2) is 55.3 Å². The van der Waals surface area contributed by atoms with E-state index in [1.54, 1.807) is 21.1 Å². The maximum absolute atomic E-state index is 12.4. The minimum absolute atomic E-state index is 0.216. The number of methoxy groups -OCH3 is 2. The van der Waals surface area contributed by atoms with Gasteiger partial charge in [0.15, 0.2) is 11.5 Å². The van der Waals surface area contributed by atoms with Crippen molar-refractivity contribution in [3.63, 3.8) is 0 Å². The number of hydrogen-bond acceptors (Lipinski definition) is 4. The van der Waals surface area contributed by atoms with Crippen LogP contribution in [0.5, 0.6) is 11.5 Å². The van der Waals surface area contributed by atoms with E-state index in [1.807, 2.05) is 44.3 Å². The summed E-state index contributed by atoms with van der Waals surface area (Å²) in [6.45, 7) is 9.44. The SMILES string of the molecule is C=CC(=O)N(CC)C(C)(O)CC(c1cc(C)c(OC)c(OC)c1)c1c[nH]c2ccccc12. The van der Waals surface area contributed by atoms with E-state index in [9.17, 15) is 9.90 Å². The van der Waals surface area contributed by atoms with E-state index in [4.69, 9.17) is 9.47 Å². The summed E-state index contributed by atoms with van der Waals surface area (Å²) in [6, 6.07) is 12.1. The second-order valence-corrected chi connectivity index (χ2v) is 8.12. The van der Waals surface area contributed by atoms with E-state index in [1.165, 1.54) is 11.0 Å². The first kappa shape index (κ1) is 23.4. The minimum Gasteiger partial charge on any atom is -0.493 e. The number of rotatable bonds is 9. The number of para-hydroxylation sites is 1. The van der Waals surface area contributed by atoms with Crippen molar-refractivity contribution in [3.8, 4) is 11.5 Å². The van der Waals surface area contributed by atoms with Gasteiger partial charge >= 0.3 is 0 Å². The van der Waals surface area contributed by atoms with Gasteiger partial charge in [-0.3, -0.25) is 4.79 Å². The Kier molecular flexibility index (Phi) is 6.94. The highest BCUT2D eigenvalue weighted by Crippen LogP contribution is 2.42. The zero-order chi connectivity index (χ0) is 23.5. The summed E-state index contributed by atoms with van der Waals surface area (Å²) in [5.74, 6) is 0.782. The maximum Gasteiger partial charge on any atom is 0.248 e. The van der Waals surface area contributed by atoms with E-state index in [0.717, 1.165) is 27.6 Å². The third-order valence-electron chi connectivity index (χ3n) is 6.02. The highest BCUT2D eigenvalue weighted by molar-refractivity contribution is 5.87. The van der Waals surface area contributed by atoms with Crippen LogP contribution < -0.4 is 9.47 Å². The molecule has 3 rings (SSSR count). The fourth-order valence-electron chi connectivity index (χ4n) is 4.51. The number of H-pyrrole nitrogens is 1. The quantitative estimate of drug-likeness (QED) is 0.375. The lowest BCUT2D eigenvalue weighted by molar-refractivity contribution is -0.152. The maximum atomic E-state index is 12.4. The number of ether oxygens (including phenoxy) is 2. The lowest BCUT2D eigenvalue weighted by Crippen LogP contribution is -2.50. The lowest BCUT2D eigenvalue weighted by atomic mass is 9.83. The minimum atomic E-state index is -1.40. The summed E-state index contributed by atoms with van der Waals surface area (Å²) < 4.78 is 11.1. The molecule has 2 unspecified atom stereocenters. The van der Waals surface area contributed by atoms with Gasteiger partial charge in [-0.25, -0.2) is 0 Å². The number of aromatic nitrogens is 1. The molecule has 1 aromatic heterocycles. The van der Waals surface area contributed by atoms with Gasteiger partial charge in [-0.2, -0.15) is 0 Å². The van der Waals surface area contributed by atoms with E-state index >= 15 is 0 Å². The average molecular weight is 437 g/mol. The first-order valence-electron chi connectivity index (χ1n) is 10.7. The second kappa shape index (κ2) is 9.49. The Bertz CT molecular complexity index is 1120. The Morgan fingerprint density at radius 1 is 1.28 bits per heavy atom. The van der Waals surface area contributed by atoms with E-state index in [0.29, 0.717) is 18.0 Å². The van der Waals surface area contributed by atoms with Crippen molar-refractivity contribution in [1.29, 1.82) is 0 Å². The standard InChI is InChI=1S/C26H32N2O4/c1-7-24(29)28(8-2)26(4,30)15-20(21-16-27-22-12-10-9-11-19(21)22)18-13-17(3)25(32-6)23(14-18)31-5/h7,9-14,16,20,27,30H,1,8,15H2,2-6H3. The molecule has 0 saturated carbocycles. The third kappa shape index (κ3) is 4.36. The Morgan fingerprint density at radius 3 is 2.62 bits per heavy atom. The molecule has 6 nitrogen and oxygen atoms in total. The molecule has 0 fully saturated rings. The number of aromatic amines is 1. The number of hydrogen-bond donors (Lipinski definition) is 2. The molecule has 0 radical (unpaired) electrons. The highest BCUT2D eigenvalue weighted by atomic mass is 16.5. The number of aryl methyl sites for hydroxylation is 1. The van der Waals surface area contributed by atoms with Crippen LogP contribution in [0.2, 0.25) is 0 Å². The summed E-state index contributed by atoms with van der Waals surface area (Å²) in [7, 11) is 3.23. The van der Waals surface area contributed by atoms with Crippen molar-refractivity contribution in [1.82, 2.24) is 9.88 Å². The van der Waals surface area contributed by atoms with E-state index < -0.39 is 5.72 Å². The lowest BCUT2D eigenvalue weighted by Gasteiger charge is -2.38. The molecule has 2 aromatic carbocycles. The summed E-state index contributed by atoms with van der Waals surface area (Å²) in [4.78, 5) is 17.2. The van der Waals surface area contributed by atoms with Gasteiger partial charge in [0.1, 0.15) is 5.72 Å². The van der Waals surface area contributed by atoms with E-state index in [-0.39, 0.29) is 18.2 Å². The van der Waals surface area contributed by atoms with Gasteiger partial charge in [-0.15, -0.1) is 0 Å². The molecule has 0 spiro atoms. The van der Waals surface area contributed by atoms with Gasteiger partial charge in [-0.05, 0) is 55.7 Å². The van der Waals surface area contributed by atoms with Gasteiger partial charge in [-0.1, -0.05) is 30.8 Å². The Balaban J connectivity index is 2.18. The molecular formula is C26H32N2O4. The van der Waals surface area contributed by atoms with Crippen LogP contribution in [-0.4, -0.2) is 47.4 Å². The summed E-state index contributed by atoms with van der Waals surface area (Å²) in [5, 5.41) is 12.5. The number of nitrogens with zero attached hydrogens (tertiary/aromatic N) is 1. The molecule has 2 N–H and O–H groups in total. The fraction of sp³-hybridized carbons (Fsp3) is 0.346. The number of benzene rings is 2. The highest BCUT2D eigenvalue weighted by Gasteiger charge is 2.36. The molecule has 3 aromatic rings. The van der Waals surface area contributed by atoms with Crippen LogP contribution in [-0.2, 0) is 4.79 Å². The predicted molar refractivity (Wildman–Crippen MR) is 127 cm³/mol. The van der Waals surface area contributed by atoms with Crippen molar-refractivity contribution in [2.24, 2.45) is 0 Å². The smallest absolute Gasteiger partial charge is 0.248 e. The van der Waals surface area contributed by atoms with Gasteiger partial charge in [0.25, 0.3) is 0 Å². The molecular weight excluding hydrogens is 404 g/mol. The molecule has 0 aliphatic carbocycles. The zero-order valence-corrected chi connectivity index (χ0v) is 19.4. The van der Waals surface area contributed by atoms with Crippen molar-refractivity contribution in [3.05, 3.63) is 71.9 Å². The topological polar surface area (TPSA) is 74.8 Å². The number of carbonyl (C=O) groups is 1. The molecule has 2 atom stereocenters. The van der Waals surface area contributed by atoms with E-state index in [2.05, 4.69) is 23.7 Å². The van der Waals surface area contributed by atoms with Crippen molar-refractivity contribution < 1.29 is 19.4 Å². The van der Waals surface area contributed by atoms with Crippen LogP contribution in [0.25, 0.3) is 10.9 Å². The number of likely N-dealkylation sites (N-methyl/N-ethyl adjacent to an activating group) is 1. The molecule has 170 valence electrons. The van der Waals surface area contributed by atoms with Crippen molar-refractivity contribution in [2.75, 3.05) is 20.8 Å². The van der Waals surface area contributed by atoms with Gasteiger partial charge in [0.05, 0.1) is 14.2 Å². The van der Waals surface area contributed by atoms with Crippen LogP contribution in [0.3, 0.4) is 0 Å². The molecule has 0 saturated heterocycles. The van der Waals surface area contributed by atoms with Crippen LogP contribution >= 0.6 is 0 Å². The number of aliphatic hydroxyl groups is 1. The Morgan fingerprint density at radius 2 is 2.00 bits per heavy atom. The first-order valence-corrected chi connectivity index (χ1v) is 10.7. The molecule has 6 heteroatoms. The van der Waals surface area contributed by atoms with Crippen molar-refractivity contribution in [2.45, 2.75) is 38.8 Å². The van der Waals surface area contributed by atoms with Gasteiger partial charge in [0.2, 0.25) is 5.91 Å². The number of amides is 1. The summed E-state index contributed by atoms with van der Waals surface area (Å²) in [6.07, 6.45) is 3.50. The fourth-order valence-corrected chi connectivity index (χ4v) is 4.51. The molecule has 32 heavy (non-hydrogen) atoms. The van der Waals surface area contributed by atoms with Crippen molar-refractivity contribution >= 4 is 16.8 Å². The zero-order valence-electron chi connectivity index (χ0n) is 19.4. The van der Waals surface area contributed by atoms with Gasteiger partial charge in [0, 0.05) is 36.0 Å². The normalized spacial score (nSPS) is 13.9. The summed E-state index contributed by atoms with van der Waals surface area (Å²) in [5.41, 5.74) is 2.55. The molecule has 0 aliphatic heterocycles. The molecule has 0 aliphatic rings. The first-order chi connectivity index (χ1) is 15.3. The summed E-state index contributed by atoms with van der Waals surface area (Å²) >= 11 is 0. The molecule has 1 amide bonds. The number of nitrogens with one attached hydrogen (secondary N) is 1. The Hall–Kier alpha value is -3.25. The van der Waals surface area contributed by atoms with Crippen LogP contribution in [0.4, 0.5) is 0 Å². The number of carbonyl (C=O) groups excluding carboxylic acids is 1. The van der Waals surface area contributed by atoms with Crippen LogP contribution in [0, 0.1) is 6.92 Å².